The van der Waals surface area contributed by atoms with Crippen LogP contribution in [0.25, 0.3) is 0 Å². The van der Waals surface area contributed by atoms with Gasteiger partial charge in [-0.1, -0.05) is 11.6 Å². The summed E-state index contributed by atoms with van der Waals surface area (Å²) in [6.07, 6.45) is 1.53. The summed E-state index contributed by atoms with van der Waals surface area (Å²) in [6, 6.07) is 1.92. The molecule has 0 saturated carbocycles. The monoisotopic (exact) mass is 211 g/mol. The van der Waals surface area contributed by atoms with Crippen LogP contribution in [0.4, 0.5) is 0 Å². The second-order valence-electron chi connectivity index (χ2n) is 3.26. The summed E-state index contributed by atoms with van der Waals surface area (Å²) >= 11 is 5.80. The molecule has 1 fully saturated rings. The first-order valence-electron chi connectivity index (χ1n) is 4.31. The van der Waals surface area contributed by atoms with Gasteiger partial charge in [0.25, 0.3) is 0 Å². The Labute approximate surface area is 86.7 Å². The van der Waals surface area contributed by atoms with Crippen LogP contribution in [0.15, 0.2) is 12.3 Å². The van der Waals surface area contributed by atoms with Gasteiger partial charge in [-0.2, -0.15) is 0 Å². The van der Waals surface area contributed by atoms with E-state index in [2.05, 4.69) is 15.6 Å². The van der Waals surface area contributed by atoms with Crippen molar-refractivity contribution in [2.45, 2.75) is 13.1 Å². The predicted octanol–water partition coefficient (Wildman–Crippen LogP) is 0.761. The molecular weight excluding hydrogens is 202 g/mol. The third-order valence-electron chi connectivity index (χ3n) is 2.14. The van der Waals surface area contributed by atoms with E-state index in [4.69, 9.17) is 11.6 Å². The van der Waals surface area contributed by atoms with E-state index < -0.39 is 0 Å². The second-order valence-corrected chi connectivity index (χ2v) is 3.62. The molecule has 1 unspecified atom stereocenters. The Bertz CT molecular complexity index is 380. The van der Waals surface area contributed by atoms with E-state index in [1.54, 1.807) is 6.20 Å². The maximum Gasteiger partial charge on any atom is 0.235 e. The first kappa shape index (κ1) is 9.43. The minimum Gasteiger partial charge on any atom is -0.335 e. The van der Waals surface area contributed by atoms with Crippen molar-refractivity contribution < 1.29 is 4.79 Å². The molecule has 4 nitrogen and oxygen atoms in total. The van der Waals surface area contributed by atoms with E-state index in [1.165, 1.54) is 0 Å². The van der Waals surface area contributed by atoms with Crippen LogP contribution in [0.5, 0.6) is 0 Å². The molecule has 1 aromatic heterocycles. The molecule has 2 rings (SSSR count). The molecule has 1 aliphatic rings. The van der Waals surface area contributed by atoms with E-state index in [9.17, 15) is 4.79 Å². The Morgan fingerprint density at radius 3 is 3.00 bits per heavy atom. The molecule has 0 spiro atoms. The fraction of sp³-hybridized carbons (Fsp3) is 0.333. The molecule has 1 aromatic rings. The van der Waals surface area contributed by atoms with E-state index in [1.807, 2.05) is 13.0 Å². The van der Waals surface area contributed by atoms with Gasteiger partial charge in [-0.25, -0.2) is 4.98 Å². The number of hydrogen-bond donors (Lipinski definition) is 2. The zero-order chi connectivity index (χ0) is 10.1. The van der Waals surface area contributed by atoms with Gasteiger partial charge in [0.2, 0.25) is 5.91 Å². The van der Waals surface area contributed by atoms with Gasteiger partial charge in [0.05, 0.1) is 6.54 Å². The molecule has 1 saturated heterocycles. The number of carbonyl (C=O) groups excluding carboxylic acids is 1. The van der Waals surface area contributed by atoms with Crippen LogP contribution in [0.3, 0.4) is 0 Å². The number of pyridine rings is 1. The van der Waals surface area contributed by atoms with E-state index >= 15 is 0 Å². The summed E-state index contributed by atoms with van der Waals surface area (Å²) in [5, 5.41) is 6.31. The fourth-order valence-corrected chi connectivity index (χ4v) is 1.50. The Balaban J connectivity index is 2.24. The van der Waals surface area contributed by atoms with Crippen LogP contribution in [-0.2, 0) is 4.79 Å². The first-order valence-corrected chi connectivity index (χ1v) is 4.69. The molecule has 1 aliphatic heterocycles. The van der Waals surface area contributed by atoms with Crippen LogP contribution in [0.1, 0.15) is 17.3 Å². The third kappa shape index (κ3) is 1.71. The van der Waals surface area contributed by atoms with Gasteiger partial charge in [-0.05, 0) is 18.6 Å². The van der Waals surface area contributed by atoms with Gasteiger partial charge >= 0.3 is 0 Å². The molecule has 0 aromatic carbocycles. The van der Waals surface area contributed by atoms with Crippen molar-refractivity contribution in [3.8, 4) is 0 Å². The molecule has 1 atom stereocenters. The Morgan fingerprint density at radius 1 is 1.64 bits per heavy atom. The average Bonchev–Trinajstić information content (AvgIpc) is 2.57. The normalized spacial score (nSPS) is 21.0. The standard InChI is InChI=1S/C9H10ClN3O/c1-5-2-6(3-11-8(5)10)9-12-4-7(14)13-9/h2-3,9,12H,4H2,1H3,(H,13,14). The third-order valence-corrected chi connectivity index (χ3v) is 2.54. The first-order chi connectivity index (χ1) is 6.66. The molecule has 2 N–H and O–H groups in total. The van der Waals surface area contributed by atoms with Crippen molar-refractivity contribution in [2.75, 3.05) is 6.54 Å². The molecule has 0 bridgehead atoms. The number of hydrogen-bond acceptors (Lipinski definition) is 3. The zero-order valence-corrected chi connectivity index (χ0v) is 8.43. The highest BCUT2D eigenvalue weighted by Crippen LogP contribution is 2.17. The molecule has 0 radical (unpaired) electrons. The molecule has 14 heavy (non-hydrogen) atoms. The van der Waals surface area contributed by atoms with Gasteiger partial charge in [-0.3, -0.25) is 10.1 Å². The van der Waals surface area contributed by atoms with E-state index in [-0.39, 0.29) is 12.1 Å². The number of nitrogens with zero attached hydrogens (tertiary/aromatic N) is 1. The molecule has 0 aliphatic carbocycles. The molecule has 1 amide bonds. The minimum atomic E-state index is -0.133. The number of aryl methyl sites for hydroxylation is 1. The highest BCUT2D eigenvalue weighted by atomic mass is 35.5. The number of carbonyl (C=O) groups is 1. The second kappa shape index (κ2) is 3.55. The summed E-state index contributed by atoms with van der Waals surface area (Å²) in [5.41, 5.74) is 1.84. The molecular formula is C9H10ClN3O. The summed E-state index contributed by atoms with van der Waals surface area (Å²) < 4.78 is 0. The van der Waals surface area contributed by atoms with Crippen molar-refractivity contribution in [3.05, 3.63) is 28.5 Å². The maximum atomic E-state index is 11.0. The fourth-order valence-electron chi connectivity index (χ4n) is 1.40. The van der Waals surface area contributed by atoms with Gasteiger partial charge in [0.15, 0.2) is 0 Å². The van der Waals surface area contributed by atoms with Gasteiger partial charge < -0.3 is 5.32 Å². The van der Waals surface area contributed by atoms with Gasteiger partial charge in [0.1, 0.15) is 11.3 Å². The Kier molecular flexibility index (Phi) is 2.39. The number of nitrogens with one attached hydrogen (secondary N) is 2. The lowest BCUT2D eigenvalue weighted by molar-refractivity contribution is -0.118. The van der Waals surface area contributed by atoms with Crippen molar-refractivity contribution >= 4 is 17.5 Å². The highest BCUT2D eigenvalue weighted by Gasteiger charge is 2.21. The van der Waals surface area contributed by atoms with Crippen molar-refractivity contribution in [1.29, 1.82) is 0 Å². The van der Waals surface area contributed by atoms with Crippen molar-refractivity contribution in [2.24, 2.45) is 0 Å². The molecule has 74 valence electrons. The van der Waals surface area contributed by atoms with E-state index in [0.29, 0.717) is 11.7 Å². The predicted molar refractivity (Wildman–Crippen MR) is 52.9 cm³/mol. The maximum absolute atomic E-state index is 11.0. The minimum absolute atomic E-state index is 0.00241. The lowest BCUT2D eigenvalue weighted by atomic mass is 10.2. The summed E-state index contributed by atoms with van der Waals surface area (Å²) in [6.45, 7) is 2.24. The average molecular weight is 212 g/mol. The van der Waals surface area contributed by atoms with Crippen LogP contribution in [0.2, 0.25) is 5.15 Å². The van der Waals surface area contributed by atoms with Crippen LogP contribution < -0.4 is 10.6 Å². The number of aromatic nitrogens is 1. The largest absolute Gasteiger partial charge is 0.335 e. The van der Waals surface area contributed by atoms with E-state index in [0.717, 1.165) is 11.1 Å². The van der Waals surface area contributed by atoms with Crippen LogP contribution in [-0.4, -0.2) is 17.4 Å². The van der Waals surface area contributed by atoms with Crippen molar-refractivity contribution in [1.82, 2.24) is 15.6 Å². The smallest absolute Gasteiger partial charge is 0.235 e. The summed E-state index contributed by atoms with van der Waals surface area (Å²) in [7, 11) is 0. The zero-order valence-electron chi connectivity index (χ0n) is 7.67. The quantitative estimate of drug-likeness (QED) is 0.675. The Morgan fingerprint density at radius 2 is 2.43 bits per heavy atom. The van der Waals surface area contributed by atoms with Crippen LogP contribution >= 0.6 is 11.6 Å². The lowest BCUT2D eigenvalue weighted by Crippen LogP contribution is -2.22. The van der Waals surface area contributed by atoms with Crippen LogP contribution in [0, 0.1) is 6.92 Å². The number of amides is 1. The molecule has 5 heteroatoms. The topological polar surface area (TPSA) is 54.0 Å². The van der Waals surface area contributed by atoms with Crippen molar-refractivity contribution in [3.63, 3.8) is 0 Å². The number of rotatable bonds is 1. The molecule has 2 heterocycles. The lowest BCUT2D eigenvalue weighted by Gasteiger charge is -2.11. The summed E-state index contributed by atoms with van der Waals surface area (Å²) in [4.78, 5) is 15.0. The van der Waals surface area contributed by atoms with Gasteiger partial charge in [0, 0.05) is 11.8 Å². The Hall–Kier alpha value is -1.13. The highest BCUT2D eigenvalue weighted by molar-refractivity contribution is 6.30. The summed E-state index contributed by atoms with van der Waals surface area (Å²) in [5.74, 6) is 0.00241. The number of halogens is 1. The van der Waals surface area contributed by atoms with Gasteiger partial charge in [-0.15, -0.1) is 0 Å². The SMILES string of the molecule is Cc1cc(C2NCC(=O)N2)cnc1Cl.